The lowest BCUT2D eigenvalue weighted by atomic mass is 9.79. The van der Waals surface area contributed by atoms with Crippen LogP contribution in [0.25, 0.3) is 0 Å². The average molecular weight is 329 g/mol. The van der Waals surface area contributed by atoms with E-state index in [2.05, 4.69) is 34.1 Å². The molecule has 3 rings (SSSR count). The Bertz CT molecular complexity index is 640. The lowest BCUT2D eigenvalue weighted by Crippen LogP contribution is -2.18. The maximum absolute atomic E-state index is 12.8. The molecular formula is C18H17BrO. The van der Waals surface area contributed by atoms with Gasteiger partial charge < -0.3 is 0 Å². The van der Waals surface area contributed by atoms with E-state index in [1.54, 1.807) is 0 Å². The van der Waals surface area contributed by atoms with Gasteiger partial charge in [-0.25, -0.2) is 0 Å². The molecule has 20 heavy (non-hydrogen) atoms. The first-order valence-electron chi connectivity index (χ1n) is 7.04. The fraction of sp³-hybridized carbons (Fsp3) is 0.278. The highest BCUT2D eigenvalue weighted by Crippen LogP contribution is 2.34. The third kappa shape index (κ3) is 2.57. The van der Waals surface area contributed by atoms with Gasteiger partial charge in [-0.15, -0.1) is 0 Å². The van der Waals surface area contributed by atoms with E-state index in [4.69, 9.17) is 0 Å². The molecule has 0 fully saturated rings. The third-order valence-corrected chi connectivity index (χ3v) is 4.47. The monoisotopic (exact) mass is 328 g/mol. The minimum absolute atomic E-state index is 0.0219. The van der Waals surface area contributed by atoms with Crippen molar-refractivity contribution in [2.24, 2.45) is 0 Å². The minimum Gasteiger partial charge on any atom is -0.293 e. The molecule has 102 valence electrons. The first-order valence-corrected chi connectivity index (χ1v) is 7.83. The summed E-state index contributed by atoms with van der Waals surface area (Å²) in [5.74, 6) is 0.273. The van der Waals surface area contributed by atoms with Crippen LogP contribution in [0.1, 0.15) is 45.8 Å². The third-order valence-electron chi connectivity index (χ3n) is 4.01. The van der Waals surface area contributed by atoms with Crippen molar-refractivity contribution < 1.29 is 4.79 Å². The van der Waals surface area contributed by atoms with Gasteiger partial charge in [-0.3, -0.25) is 4.79 Å². The summed E-state index contributed by atoms with van der Waals surface area (Å²) in [5.41, 5.74) is 4.50. The Balaban J connectivity index is 1.99. The first-order chi connectivity index (χ1) is 9.65. The molecule has 0 aromatic heterocycles. The second kappa shape index (κ2) is 5.53. The maximum Gasteiger partial charge on any atom is 0.170 e. The molecule has 0 saturated carbocycles. The second-order valence-corrected chi connectivity index (χ2v) is 6.44. The van der Waals surface area contributed by atoms with E-state index in [0.29, 0.717) is 0 Å². The molecule has 1 aliphatic carbocycles. The van der Waals surface area contributed by atoms with Crippen LogP contribution in [-0.2, 0) is 6.42 Å². The molecule has 1 aliphatic rings. The highest BCUT2D eigenvalue weighted by Gasteiger charge is 2.27. The van der Waals surface area contributed by atoms with Crippen LogP contribution >= 0.6 is 15.9 Å². The molecule has 0 radical (unpaired) electrons. The van der Waals surface area contributed by atoms with Gasteiger partial charge in [0.05, 0.1) is 0 Å². The number of ketones is 1. The van der Waals surface area contributed by atoms with Crippen molar-refractivity contribution in [3.05, 3.63) is 69.2 Å². The standard InChI is InChI=1S/C18H17BrO/c1-12-9-14(11-15(19)10-12)18(20)17-8-4-6-13-5-2-3-7-16(13)17/h2-3,5,7,9-11,17H,4,6,8H2,1H3. The number of hydrogen-bond acceptors (Lipinski definition) is 1. The Morgan fingerprint density at radius 2 is 2.00 bits per heavy atom. The molecule has 0 saturated heterocycles. The zero-order chi connectivity index (χ0) is 14.1. The molecule has 0 N–H and O–H groups in total. The number of halogens is 1. The Morgan fingerprint density at radius 3 is 2.80 bits per heavy atom. The van der Waals surface area contributed by atoms with Crippen LogP contribution < -0.4 is 0 Å². The van der Waals surface area contributed by atoms with Crippen LogP contribution in [0.15, 0.2) is 46.9 Å². The Hall–Kier alpha value is -1.41. The van der Waals surface area contributed by atoms with Gasteiger partial charge in [0, 0.05) is 16.0 Å². The van der Waals surface area contributed by atoms with E-state index in [-0.39, 0.29) is 11.7 Å². The summed E-state index contributed by atoms with van der Waals surface area (Å²) in [7, 11) is 0. The average Bonchev–Trinajstić information content (AvgIpc) is 2.45. The summed E-state index contributed by atoms with van der Waals surface area (Å²) >= 11 is 3.48. The number of carbonyl (C=O) groups excluding carboxylic acids is 1. The molecule has 0 spiro atoms. The van der Waals surface area contributed by atoms with Crippen LogP contribution in [-0.4, -0.2) is 5.78 Å². The van der Waals surface area contributed by atoms with Crippen molar-refractivity contribution in [2.45, 2.75) is 32.1 Å². The SMILES string of the molecule is Cc1cc(Br)cc(C(=O)C2CCCc3ccccc32)c1. The molecule has 0 heterocycles. The number of aryl methyl sites for hydroxylation is 2. The zero-order valence-corrected chi connectivity index (χ0v) is 13.1. The van der Waals surface area contributed by atoms with E-state index >= 15 is 0 Å². The molecule has 0 aliphatic heterocycles. The van der Waals surface area contributed by atoms with E-state index in [1.807, 2.05) is 31.2 Å². The van der Waals surface area contributed by atoms with Crippen LogP contribution in [0.4, 0.5) is 0 Å². The molecule has 0 amide bonds. The quantitative estimate of drug-likeness (QED) is 0.704. The fourth-order valence-corrected chi connectivity index (χ4v) is 3.71. The topological polar surface area (TPSA) is 17.1 Å². The first kappa shape index (κ1) is 13.6. The smallest absolute Gasteiger partial charge is 0.170 e. The maximum atomic E-state index is 12.8. The normalized spacial score (nSPS) is 17.6. The molecule has 2 aromatic carbocycles. The van der Waals surface area contributed by atoms with Gasteiger partial charge in [-0.2, -0.15) is 0 Å². The van der Waals surface area contributed by atoms with Gasteiger partial charge in [0.15, 0.2) is 5.78 Å². The Labute approximate surface area is 128 Å². The Morgan fingerprint density at radius 1 is 1.20 bits per heavy atom. The summed E-state index contributed by atoms with van der Waals surface area (Å²) in [6, 6.07) is 14.3. The largest absolute Gasteiger partial charge is 0.293 e. The van der Waals surface area contributed by atoms with Gasteiger partial charge in [0.25, 0.3) is 0 Å². The second-order valence-electron chi connectivity index (χ2n) is 5.53. The summed E-state index contributed by atoms with van der Waals surface area (Å²) in [4.78, 5) is 12.8. The number of carbonyl (C=O) groups is 1. The molecular weight excluding hydrogens is 312 g/mol. The molecule has 0 bridgehead atoms. The number of rotatable bonds is 2. The Kier molecular flexibility index (Phi) is 3.75. The van der Waals surface area contributed by atoms with Crippen LogP contribution in [0, 0.1) is 6.92 Å². The van der Waals surface area contributed by atoms with Crippen molar-refractivity contribution >= 4 is 21.7 Å². The van der Waals surface area contributed by atoms with Crippen LogP contribution in [0.3, 0.4) is 0 Å². The number of fused-ring (bicyclic) bond motifs is 1. The summed E-state index contributed by atoms with van der Waals surface area (Å²) in [6.45, 7) is 2.02. The van der Waals surface area contributed by atoms with Crippen molar-refractivity contribution in [1.82, 2.24) is 0 Å². The van der Waals surface area contributed by atoms with Gasteiger partial charge in [-0.05, 0) is 61.1 Å². The van der Waals surface area contributed by atoms with Crippen molar-refractivity contribution in [2.75, 3.05) is 0 Å². The highest BCUT2D eigenvalue weighted by atomic mass is 79.9. The van der Waals surface area contributed by atoms with Crippen molar-refractivity contribution in [3.8, 4) is 0 Å². The predicted molar refractivity (Wildman–Crippen MR) is 85.3 cm³/mol. The highest BCUT2D eigenvalue weighted by molar-refractivity contribution is 9.10. The number of Topliss-reactive ketones (excluding diaryl/α,β-unsaturated/α-hetero) is 1. The van der Waals surface area contributed by atoms with E-state index in [9.17, 15) is 4.79 Å². The van der Waals surface area contributed by atoms with Gasteiger partial charge in [0.2, 0.25) is 0 Å². The van der Waals surface area contributed by atoms with Gasteiger partial charge in [0.1, 0.15) is 0 Å². The zero-order valence-electron chi connectivity index (χ0n) is 11.5. The number of hydrogen-bond donors (Lipinski definition) is 0. The van der Waals surface area contributed by atoms with E-state index in [1.165, 1.54) is 11.1 Å². The summed E-state index contributed by atoms with van der Waals surface area (Å²) < 4.78 is 0.977. The predicted octanol–water partition coefficient (Wildman–Crippen LogP) is 5.06. The van der Waals surface area contributed by atoms with E-state index < -0.39 is 0 Å². The van der Waals surface area contributed by atoms with Crippen molar-refractivity contribution in [3.63, 3.8) is 0 Å². The molecule has 2 heteroatoms. The molecule has 1 atom stereocenters. The lowest BCUT2D eigenvalue weighted by Gasteiger charge is -2.24. The van der Waals surface area contributed by atoms with E-state index in [0.717, 1.165) is 34.9 Å². The summed E-state index contributed by atoms with van der Waals surface area (Å²) in [6.07, 6.45) is 3.15. The molecule has 1 nitrogen and oxygen atoms in total. The van der Waals surface area contributed by atoms with Crippen molar-refractivity contribution in [1.29, 1.82) is 0 Å². The van der Waals surface area contributed by atoms with Crippen LogP contribution in [0.2, 0.25) is 0 Å². The van der Waals surface area contributed by atoms with Gasteiger partial charge >= 0.3 is 0 Å². The minimum atomic E-state index is 0.0219. The van der Waals surface area contributed by atoms with Gasteiger partial charge in [-0.1, -0.05) is 40.2 Å². The summed E-state index contributed by atoms with van der Waals surface area (Å²) in [5, 5.41) is 0. The molecule has 2 aromatic rings. The fourth-order valence-electron chi connectivity index (χ4n) is 3.11. The van der Waals surface area contributed by atoms with Crippen LogP contribution in [0.5, 0.6) is 0 Å². The number of benzene rings is 2. The lowest BCUT2D eigenvalue weighted by molar-refractivity contribution is 0.0951. The molecule has 1 unspecified atom stereocenters.